The van der Waals surface area contributed by atoms with E-state index in [4.69, 9.17) is 4.74 Å². The van der Waals surface area contributed by atoms with Crippen molar-refractivity contribution in [1.29, 1.82) is 0 Å². The molecule has 0 atom stereocenters. The zero-order valence-electron chi connectivity index (χ0n) is 12.4. The number of benzene rings is 1. The maximum Gasteiger partial charge on any atom is 0.412 e. The largest absolute Gasteiger partial charge is 0.450 e. The molecular formula is C14H17N5O3. The standard InChI is InChI=1S/C14H17N5O3/c1-3-22-14(21)17-12-8-15-19(18-12)9-13(20)16-11-6-4-10(2)5-7-11/h4-8H,3,9H2,1-2H3,(H,16,20)(H,17,18,21). The van der Waals surface area contributed by atoms with E-state index in [0.29, 0.717) is 5.69 Å². The van der Waals surface area contributed by atoms with E-state index in [-0.39, 0.29) is 24.9 Å². The molecule has 2 N–H and O–H groups in total. The van der Waals surface area contributed by atoms with Crippen molar-refractivity contribution in [2.45, 2.75) is 20.4 Å². The van der Waals surface area contributed by atoms with E-state index in [0.717, 1.165) is 5.56 Å². The fourth-order valence-electron chi connectivity index (χ4n) is 1.67. The maximum absolute atomic E-state index is 11.9. The number of aromatic nitrogens is 3. The molecule has 2 rings (SSSR count). The van der Waals surface area contributed by atoms with Crippen LogP contribution >= 0.6 is 0 Å². The fourth-order valence-corrected chi connectivity index (χ4v) is 1.67. The van der Waals surface area contributed by atoms with Crippen molar-refractivity contribution in [3.05, 3.63) is 36.0 Å². The van der Waals surface area contributed by atoms with Gasteiger partial charge in [0.25, 0.3) is 0 Å². The molecule has 0 aliphatic rings. The molecule has 8 nitrogen and oxygen atoms in total. The fraction of sp³-hybridized carbons (Fsp3) is 0.286. The third kappa shape index (κ3) is 4.58. The Labute approximate surface area is 127 Å². The molecule has 22 heavy (non-hydrogen) atoms. The van der Waals surface area contributed by atoms with E-state index in [1.807, 2.05) is 31.2 Å². The normalized spacial score (nSPS) is 10.1. The molecule has 0 bridgehead atoms. The Bertz CT molecular complexity index is 651. The van der Waals surface area contributed by atoms with E-state index < -0.39 is 6.09 Å². The average molecular weight is 303 g/mol. The highest BCUT2D eigenvalue weighted by molar-refractivity contribution is 5.90. The molecule has 1 aromatic heterocycles. The van der Waals surface area contributed by atoms with Crippen LogP contribution in [0.2, 0.25) is 0 Å². The maximum atomic E-state index is 11.9. The molecule has 1 heterocycles. The Kier molecular flexibility index (Phi) is 5.07. The monoisotopic (exact) mass is 303 g/mol. The summed E-state index contributed by atoms with van der Waals surface area (Å²) in [6.07, 6.45) is 0.731. The predicted molar refractivity (Wildman–Crippen MR) is 80.5 cm³/mol. The minimum absolute atomic E-state index is 0.0572. The smallest absolute Gasteiger partial charge is 0.412 e. The van der Waals surface area contributed by atoms with Crippen LogP contribution in [-0.4, -0.2) is 33.6 Å². The highest BCUT2D eigenvalue weighted by Crippen LogP contribution is 2.08. The molecule has 2 amide bonds. The molecular weight excluding hydrogens is 286 g/mol. The summed E-state index contributed by atoms with van der Waals surface area (Å²) in [5.41, 5.74) is 1.81. The van der Waals surface area contributed by atoms with Gasteiger partial charge in [-0.2, -0.15) is 9.90 Å². The van der Waals surface area contributed by atoms with Crippen LogP contribution in [0.4, 0.5) is 16.3 Å². The Morgan fingerprint density at radius 1 is 1.23 bits per heavy atom. The molecule has 0 spiro atoms. The number of aryl methyl sites for hydroxylation is 1. The second-order valence-electron chi connectivity index (χ2n) is 4.52. The SMILES string of the molecule is CCOC(=O)Nc1cnn(CC(=O)Nc2ccc(C)cc2)n1. The van der Waals surface area contributed by atoms with Gasteiger partial charge in [-0.15, -0.1) is 5.10 Å². The van der Waals surface area contributed by atoms with E-state index in [2.05, 4.69) is 20.8 Å². The van der Waals surface area contributed by atoms with Gasteiger partial charge in [-0.3, -0.25) is 10.1 Å². The lowest BCUT2D eigenvalue weighted by Crippen LogP contribution is -2.20. The predicted octanol–water partition coefficient (Wildman–Crippen LogP) is 1.79. The van der Waals surface area contributed by atoms with Gasteiger partial charge in [-0.25, -0.2) is 4.79 Å². The van der Waals surface area contributed by atoms with Gasteiger partial charge in [-0.05, 0) is 26.0 Å². The van der Waals surface area contributed by atoms with E-state index in [1.54, 1.807) is 6.92 Å². The number of hydrogen-bond donors (Lipinski definition) is 2. The summed E-state index contributed by atoms with van der Waals surface area (Å²) in [5, 5.41) is 13.0. The second kappa shape index (κ2) is 7.21. The number of rotatable bonds is 5. The van der Waals surface area contributed by atoms with Crippen molar-refractivity contribution >= 4 is 23.5 Å². The number of nitrogens with zero attached hydrogens (tertiary/aromatic N) is 3. The summed E-state index contributed by atoms with van der Waals surface area (Å²) in [5.74, 6) is -0.0382. The van der Waals surface area contributed by atoms with E-state index in [9.17, 15) is 9.59 Å². The summed E-state index contributed by atoms with van der Waals surface area (Å²) in [4.78, 5) is 24.3. The van der Waals surface area contributed by atoms with Crippen LogP contribution in [0, 0.1) is 6.92 Å². The number of anilines is 2. The second-order valence-corrected chi connectivity index (χ2v) is 4.52. The van der Waals surface area contributed by atoms with Gasteiger partial charge in [0.1, 0.15) is 6.54 Å². The molecule has 0 unspecified atom stereocenters. The molecule has 0 fully saturated rings. The average Bonchev–Trinajstić information content (AvgIpc) is 2.88. The topological polar surface area (TPSA) is 98.1 Å². The first kappa shape index (κ1) is 15.5. The summed E-state index contributed by atoms with van der Waals surface area (Å²) in [7, 11) is 0. The minimum Gasteiger partial charge on any atom is -0.450 e. The molecule has 2 aromatic rings. The van der Waals surface area contributed by atoms with E-state index in [1.165, 1.54) is 11.0 Å². The molecule has 0 saturated heterocycles. The Hall–Kier alpha value is -2.90. The van der Waals surface area contributed by atoms with Gasteiger partial charge in [0.05, 0.1) is 12.8 Å². The van der Waals surface area contributed by atoms with Crippen molar-refractivity contribution in [2.75, 3.05) is 17.2 Å². The van der Waals surface area contributed by atoms with Crippen molar-refractivity contribution < 1.29 is 14.3 Å². The van der Waals surface area contributed by atoms with Crippen LogP contribution in [0.1, 0.15) is 12.5 Å². The van der Waals surface area contributed by atoms with Crippen LogP contribution in [0.25, 0.3) is 0 Å². The first-order valence-corrected chi connectivity index (χ1v) is 6.77. The third-order valence-electron chi connectivity index (χ3n) is 2.66. The Balaban J connectivity index is 1.88. The number of nitrogens with one attached hydrogen (secondary N) is 2. The molecule has 1 aromatic carbocycles. The van der Waals surface area contributed by atoms with Gasteiger partial charge in [-0.1, -0.05) is 17.7 Å². The molecule has 116 valence electrons. The summed E-state index contributed by atoms with van der Waals surface area (Å²) in [6.45, 7) is 3.88. The zero-order chi connectivity index (χ0) is 15.9. The quantitative estimate of drug-likeness (QED) is 0.877. The van der Waals surface area contributed by atoms with Crippen LogP contribution < -0.4 is 10.6 Å². The lowest BCUT2D eigenvalue weighted by Gasteiger charge is -2.05. The van der Waals surface area contributed by atoms with Gasteiger partial charge < -0.3 is 10.1 Å². The number of amides is 2. The summed E-state index contributed by atoms with van der Waals surface area (Å²) < 4.78 is 4.72. The summed E-state index contributed by atoms with van der Waals surface area (Å²) in [6, 6.07) is 7.45. The molecule has 0 aliphatic carbocycles. The first-order chi connectivity index (χ1) is 10.6. The number of carbonyl (C=O) groups excluding carboxylic acids is 2. The van der Waals surface area contributed by atoms with Gasteiger partial charge in [0.2, 0.25) is 5.91 Å². The lowest BCUT2D eigenvalue weighted by atomic mass is 10.2. The lowest BCUT2D eigenvalue weighted by molar-refractivity contribution is -0.117. The molecule has 0 aliphatic heterocycles. The highest BCUT2D eigenvalue weighted by atomic mass is 16.5. The summed E-state index contributed by atoms with van der Waals surface area (Å²) >= 11 is 0. The Morgan fingerprint density at radius 2 is 1.95 bits per heavy atom. The van der Waals surface area contributed by atoms with Crippen LogP contribution in [-0.2, 0) is 16.1 Å². The van der Waals surface area contributed by atoms with Gasteiger partial charge >= 0.3 is 6.09 Å². The van der Waals surface area contributed by atoms with Crippen LogP contribution in [0.3, 0.4) is 0 Å². The van der Waals surface area contributed by atoms with Crippen molar-refractivity contribution in [2.24, 2.45) is 0 Å². The van der Waals surface area contributed by atoms with Crippen molar-refractivity contribution in [3.8, 4) is 0 Å². The van der Waals surface area contributed by atoms with Gasteiger partial charge in [0, 0.05) is 5.69 Å². The number of ether oxygens (including phenoxy) is 1. The van der Waals surface area contributed by atoms with E-state index >= 15 is 0 Å². The minimum atomic E-state index is -0.612. The van der Waals surface area contributed by atoms with Crippen LogP contribution in [0.5, 0.6) is 0 Å². The van der Waals surface area contributed by atoms with Gasteiger partial charge in [0.15, 0.2) is 5.82 Å². The highest BCUT2D eigenvalue weighted by Gasteiger charge is 2.09. The van der Waals surface area contributed by atoms with Crippen molar-refractivity contribution in [3.63, 3.8) is 0 Å². The first-order valence-electron chi connectivity index (χ1n) is 6.77. The zero-order valence-corrected chi connectivity index (χ0v) is 12.4. The van der Waals surface area contributed by atoms with Crippen molar-refractivity contribution in [1.82, 2.24) is 15.0 Å². The molecule has 0 saturated carbocycles. The number of hydrogen-bond acceptors (Lipinski definition) is 5. The third-order valence-corrected chi connectivity index (χ3v) is 2.66. The van der Waals surface area contributed by atoms with Crippen LogP contribution in [0.15, 0.2) is 30.5 Å². The Morgan fingerprint density at radius 3 is 2.64 bits per heavy atom. The molecule has 0 radical (unpaired) electrons. The molecule has 8 heteroatoms. The number of carbonyl (C=O) groups is 2.